The van der Waals surface area contributed by atoms with Crippen molar-refractivity contribution in [2.24, 2.45) is 0 Å². The highest BCUT2D eigenvalue weighted by atomic mass is 14.3. The molecule has 0 bridgehead atoms. The Kier molecular flexibility index (Phi) is 3.89. The number of rotatable bonds is 3. The molecule has 0 unspecified atom stereocenters. The summed E-state index contributed by atoms with van der Waals surface area (Å²) in [6, 6.07) is 34.8. The molecule has 0 aliphatic heterocycles. The number of hydrogen-bond donors (Lipinski definition) is 0. The maximum atomic E-state index is 2.33. The zero-order valence-electron chi connectivity index (χ0n) is 14.7. The fourth-order valence-electron chi connectivity index (χ4n) is 3.64. The van der Waals surface area contributed by atoms with E-state index in [0.717, 1.165) is 0 Å². The van der Waals surface area contributed by atoms with Crippen LogP contribution in [0.15, 0.2) is 97.1 Å². The summed E-state index contributed by atoms with van der Waals surface area (Å²) in [4.78, 5) is 0. The Morgan fingerprint density at radius 2 is 1.20 bits per heavy atom. The molecule has 0 saturated heterocycles. The van der Waals surface area contributed by atoms with Gasteiger partial charge in [-0.2, -0.15) is 0 Å². The number of benzene rings is 4. The van der Waals surface area contributed by atoms with E-state index in [4.69, 9.17) is 0 Å². The molecule has 0 N–H and O–H groups in total. The molecule has 0 aliphatic carbocycles. The quantitative estimate of drug-likeness (QED) is 0.387. The van der Waals surface area contributed by atoms with E-state index in [1.165, 1.54) is 33.0 Å². The van der Waals surface area contributed by atoms with Crippen molar-refractivity contribution in [2.45, 2.75) is 19.3 Å². The normalized spacial score (nSPS) is 11.6. The minimum Gasteiger partial charge on any atom is -0.0622 e. The van der Waals surface area contributed by atoms with E-state index in [0.29, 0.717) is 0 Å². The summed E-state index contributed by atoms with van der Waals surface area (Å²) in [5.74, 6) is 0. The van der Waals surface area contributed by atoms with E-state index >= 15 is 0 Å². The molecule has 0 spiro atoms. The van der Waals surface area contributed by atoms with Gasteiger partial charge in [0.15, 0.2) is 0 Å². The topological polar surface area (TPSA) is 0 Å². The van der Waals surface area contributed by atoms with E-state index in [1.54, 1.807) is 0 Å². The van der Waals surface area contributed by atoms with E-state index in [1.807, 2.05) is 0 Å². The van der Waals surface area contributed by atoms with Crippen LogP contribution in [0, 0.1) is 0 Å². The van der Waals surface area contributed by atoms with Gasteiger partial charge in [0.1, 0.15) is 0 Å². The smallest absolute Gasteiger partial charge is 0.0152 e. The fraction of sp³-hybridized carbons (Fsp3) is 0.120. The molecule has 25 heavy (non-hydrogen) atoms. The van der Waals surface area contributed by atoms with Crippen LogP contribution >= 0.6 is 0 Å². The van der Waals surface area contributed by atoms with Crippen LogP contribution in [0.4, 0.5) is 0 Å². The van der Waals surface area contributed by atoms with E-state index in [2.05, 4.69) is 111 Å². The van der Waals surface area contributed by atoms with Crippen molar-refractivity contribution in [1.82, 2.24) is 0 Å². The van der Waals surface area contributed by atoms with Crippen molar-refractivity contribution in [1.29, 1.82) is 0 Å². The van der Waals surface area contributed by atoms with Gasteiger partial charge in [0.05, 0.1) is 0 Å². The van der Waals surface area contributed by atoms with E-state index in [9.17, 15) is 0 Å². The van der Waals surface area contributed by atoms with Crippen molar-refractivity contribution < 1.29 is 0 Å². The van der Waals surface area contributed by atoms with Crippen LogP contribution in [0.5, 0.6) is 0 Å². The first-order chi connectivity index (χ1) is 12.2. The molecule has 4 rings (SSSR count). The lowest BCUT2D eigenvalue weighted by Gasteiger charge is -2.28. The Labute approximate surface area is 149 Å². The zero-order chi connectivity index (χ0) is 17.3. The predicted octanol–water partition coefficient (Wildman–Crippen LogP) is 6.83. The highest BCUT2D eigenvalue weighted by molar-refractivity contribution is 5.87. The monoisotopic (exact) mass is 322 g/mol. The highest BCUT2D eigenvalue weighted by Gasteiger charge is 2.25. The molecule has 0 amide bonds. The summed E-state index contributed by atoms with van der Waals surface area (Å²) in [7, 11) is 0. The highest BCUT2D eigenvalue weighted by Crippen LogP contribution is 2.37. The van der Waals surface area contributed by atoms with E-state index in [-0.39, 0.29) is 5.41 Å². The van der Waals surface area contributed by atoms with Crippen LogP contribution in [-0.4, -0.2) is 0 Å². The third-order valence-corrected chi connectivity index (χ3v) is 5.15. The van der Waals surface area contributed by atoms with Crippen molar-refractivity contribution in [3.63, 3.8) is 0 Å². The molecule has 4 aromatic rings. The van der Waals surface area contributed by atoms with Gasteiger partial charge in [0.2, 0.25) is 0 Å². The number of hydrogen-bond acceptors (Lipinski definition) is 0. The Balaban J connectivity index is 1.85. The van der Waals surface area contributed by atoms with Gasteiger partial charge in [0.25, 0.3) is 0 Å². The molecule has 0 heterocycles. The van der Waals surface area contributed by atoms with Gasteiger partial charge in [-0.05, 0) is 33.0 Å². The first kappa shape index (κ1) is 15.7. The molecule has 0 heteroatoms. The predicted molar refractivity (Wildman–Crippen MR) is 108 cm³/mol. The molecule has 0 nitrogen and oxygen atoms in total. The van der Waals surface area contributed by atoms with Crippen molar-refractivity contribution in [3.8, 4) is 11.1 Å². The van der Waals surface area contributed by atoms with Crippen molar-refractivity contribution in [3.05, 3.63) is 108 Å². The van der Waals surface area contributed by atoms with Crippen LogP contribution in [-0.2, 0) is 5.41 Å². The molecule has 0 radical (unpaired) electrons. The first-order valence-electron chi connectivity index (χ1n) is 8.80. The SMILES string of the molecule is CC(C)(c1cccc(-c2ccccc2)c1)c1cccc2ccccc12. The summed E-state index contributed by atoms with van der Waals surface area (Å²) < 4.78 is 0. The molecular formula is C25H22. The lowest BCUT2D eigenvalue weighted by Crippen LogP contribution is -2.19. The number of fused-ring (bicyclic) bond motifs is 1. The minimum atomic E-state index is -0.0638. The van der Waals surface area contributed by atoms with Crippen LogP contribution in [0.25, 0.3) is 21.9 Å². The zero-order valence-corrected chi connectivity index (χ0v) is 14.7. The molecular weight excluding hydrogens is 300 g/mol. The first-order valence-corrected chi connectivity index (χ1v) is 8.80. The Morgan fingerprint density at radius 1 is 0.560 bits per heavy atom. The van der Waals surface area contributed by atoms with Crippen molar-refractivity contribution >= 4 is 10.8 Å². The van der Waals surface area contributed by atoms with Crippen LogP contribution in [0.3, 0.4) is 0 Å². The third kappa shape index (κ3) is 2.85. The average molecular weight is 322 g/mol. The second kappa shape index (κ2) is 6.22. The maximum Gasteiger partial charge on any atom is 0.0152 e. The minimum absolute atomic E-state index is 0.0638. The van der Waals surface area contributed by atoms with Gasteiger partial charge in [-0.15, -0.1) is 0 Å². The van der Waals surface area contributed by atoms with Gasteiger partial charge >= 0.3 is 0 Å². The van der Waals surface area contributed by atoms with Crippen LogP contribution < -0.4 is 0 Å². The maximum absolute atomic E-state index is 2.33. The fourth-order valence-corrected chi connectivity index (χ4v) is 3.64. The lowest BCUT2D eigenvalue weighted by molar-refractivity contribution is 0.647. The average Bonchev–Trinajstić information content (AvgIpc) is 2.68. The lowest BCUT2D eigenvalue weighted by atomic mass is 9.75. The van der Waals surface area contributed by atoms with Crippen LogP contribution in [0.1, 0.15) is 25.0 Å². The standard InChI is InChI=1S/C25H22/c1-25(2,24-17-9-13-20-12-6-7-16-23(20)24)22-15-8-14-21(18-22)19-10-4-3-5-11-19/h3-18H,1-2H3. The molecule has 0 aliphatic rings. The molecule has 0 aromatic heterocycles. The summed E-state index contributed by atoms with van der Waals surface area (Å²) >= 11 is 0. The second-order valence-electron chi connectivity index (χ2n) is 7.10. The summed E-state index contributed by atoms with van der Waals surface area (Å²) in [6.07, 6.45) is 0. The Morgan fingerprint density at radius 3 is 2.04 bits per heavy atom. The van der Waals surface area contributed by atoms with E-state index < -0.39 is 0 Å². The Hall–Kier alpha value is -2.86. The summed E-state index contributed by atoms with van der Waals surface area (Å²) in [5, 5.41) is 2.63. The van der Waals surface area contributed by atoms with Gasteiger partial charge < -0.3 is 0 Å². The van der Waals surface area contributed by atoms with Gasteiger partial charge in [0, 0.05) is 5.41 Å². The summed E-state index contributed by atoms with van der Waals surface area (Å²) in [6.45, 7) is 4.64. The second-order valence-corrected chi connectivity index (χ2v) is 7.10. The molecule has 0 fully saturated rings. The molecule has 0 atom stereocenters. The van der Waals surface area contributed by atoms with Gasteiger partial charge in [-0.1, -0.05) is 111 Å². The van der Waals surface area contributed by atoms with Gasteiger partial charge in [-0.3, -0.25) is 0 Å². The molecule has 122 valence electrons. The van der Waals surface area contributed by atoms with Crippen molar-refractivity contribution in [2.75, 3.05) is 0 Å². The summed E-state index contributed by atoms with van der Waals surface area (Å²) in [5.41, 5.74) is 5.18. The third-order valence-electron chi connectivity index (χ3n) is 5.15. The van der Waals surface area contributed by atoms with Gasteiger partial charge in [-0.25, -0.2) is 0 Å². The Bertz CT molecular complexity index is 1000. The molecule has 4 aromatic carbocycles. The largest absolute Gasteiger partial charge is 0.0622 e. The molecule has 0 saturated carbocycles. The van der Waals surface area contributed by atoms with Crippen LogP contribution in [0.2, 0.25) is 0 Å².